The molecule has 18 heavy (non-hydrogen) atoms. The molecule has 1 fully saturated rings. The highest BCUT2D eigenvalue weighted by Crippen LogP contribution is 2.30. The molecule has 0 heterocycles. The van der Waals surface area contributed by atoms with Crippen molar-refractivity contribution in [2.45, 2.75) is 26.7 Å². The van der Waals surface area contributed by atoms with E-state index in [0.717, 1.165) is 12.8 Å². The van der Waals surface area contributed by atoms with Gasteiger partial charge in [-0.1, -0.05) is 32.0 Å². The third-order valence-electron chi connectivity index (χ3n) is 2.24. The van der Waals surface area contributed by atoms with Crippen molar-refractivity contribution < 1.29 is 14.0 Å². The largest absolute Gasteiger partial charge is 0.275 e. The zero-order chi connectivity index (χ0) is 14.0. The minimum Gasteiger partial charge on any atom is -0.275 e. The van der Waals surface area contributed by atoms with Crippen molar-refractivity contribution in [3.8, 4) is 0 Å². The van der Waals surface area contributed by atoms with Gasteiger partial charge in [-0.3, -0.25) is 9.63 Å². The molecule has 0 unspecified atom stereocenters. The van der Waals surface area contributed by atoms with Crippen LogP contribution in [0.25, 0.3) is 0 Å². The summed E-state index contributed by atoms with van der Waals surface area (Å²) in [4.78, 5) is 15.6. The average Bonchev–Trinajstić information content (AvgIpc) is 3.25. The maximum Gasteiger partial charge on any atom is 0.248 e. The highest BCUT2D eigenvalue weighted by molar-refractivity contribution is 5.79. The van der Waals surface area contributed by atoms with Gasteiger partial charge in [-0.25, -0.2) is 9.45 Å². The summed E-state index contributed by atoms with van der Waals surface area (Å²) in [5.41, 5.74) is 0. The van der Waals surface area contributed by atoms with Gasteiger partial charge in [0.1, 0.15) is 5.82 Å². The highest BCUT2D eigenvalue weighted by atomic mass is 19.1. The van der Waals surface area contributed by atoms with Crippen LogP contribution >= 0.6 is 0 Å². The molecular weight excluding hydrogens is 233 g/mol. The molecule has 102 valence electrons. The first-order valence-electron chi connectivity index (χ1n) is 6.17. The van der Waals surface area contributed by atoms with Gasteiger partial charge in [-0.15, -0.1) is 0 Å². The summed E-state index contributed by atoms with van der Waals surface area (Å²) in [6.07, 6.45) is 2.07. The molecule has 0 bridgehead atoms. The van der Waals surface area contributed by atoms with Crippen molar-refractivity contribution in [2.24, 2.45) is 5.92 Å². The first-order valence-corrected chi connectivity index (χ1v) is 6.17. The Kier molecular flexibility index (Phi) is 8.84. The van der Waals surface area contributed by atoms with Crippen molar-refractivity contribution in [3.63, 3.8) is 0 Å². The number of benzene rings is 1. The van der Waals surface area contributed by atoms with Crippen LogP contribution in [0.5, 0.6) is 0 Å². The summed E-state index contributed by atoms with van der Waals surface area (Å²) in [6, 6.07) is 7.94. The molecule has 0 radical (unpaired) electrons. The van der Waals surface area contributed by atoms with Crippen molar-refractivity contribution in [3.05, 3.63) is 36.1 Å². The number of rotatable bonds is 2. The van der Waals surface area contributed by atoms with Gasteiger partial charge in [0.15, 0.2) is 0 Å². The molecule has 1 aliphatic rings. The average molecular weight is 255 g/mol. The van der Waals surface area contributed by atoms with E-state index in [2.05, 4.69) is 0 Å². The molecule has 1 saturated carbocycles. The van der Waals surface area contributed by atoms with Crippen LogP contribution in [0.15, 0.2) is 30.3 Å². The van der Waals surface area contributed by atoms with Crippen LogP contribution in [0.3, 0.4) is 0 Å². The van der Waals surface area contributed by atoms with E-state index >= 15 is 0 Å². The van der Waals surface area contributed by atoms with Crippen molar-refractivity contribution >= 4 is 5.91 Å². The standard InChI is InChI=1S/C6H5F.C6H11NO2.C2H6/c7-6-4-2-1-3-5-6;1-7(9-2)6(8)5-3-4-5;1-2/h1-5H;5H,3-4H2,1-2H3;1-2H3. The Morgan fingerprint density at radius 3 is 2.06 bits per heavy atom. The predicted molar refractivity (Wildman–Crippen MR) is 70.3 cm³/mol. The number of hydroxylamine groups is 2. The smallest absolute Gasteiger partial charge is 0.248 e. The number of nitrogens with zero attached hydrogens (tertiary/aromatic N) is 1. The lowest BCUT2D eigenvalue weighted by Gasteiger charge is -2.11. The Bertz CT molecular complexity index is 326. The van der Waals surface area contributed by atoms with Gasteiger partial charge in [-0.05, 0) is 25.0 Å². The fraction of sp³-hybridized carbons (Fsp3) is 0.500. The topological polar surface area (TPSA) is 29.5 Å². The summed E-state index contributed by atoms with van der Waals surface area (Å²) < 4.78 is 11.9. The third kappa shape index (κ3) is 7.01. The number of carbonyl (C=O) groups excluding carboxylic acids is 1. The van der Waals surface area contributed by atoms with E-state index in [-0.39, 0.29) is 17.6 Å². The van der Waals surface area contributed by atoms with Crippen LogP contribution in [-0.2, 0) is 9.63 Å². The van der Waals surface area contributed by atoms with Crippen LogP contribution < -0.4 is 0 Å². The lowest BCUT2D eigenvalue weighted by atomic mass is 10.4. The first-order chi connectivity index (χ1) is 8.65. The highest BCUT2D eigenvalue weighted by Gasteiger charge is 2.32. The maximum atomic E-state index is 11.9. The van der Waals surface area contributed by atoms with E-state index in [4.69, 9.17) is 4.84 Å². The number of hydrogen-bond donors (Lipinski definition) is 0. The molecule has 1 aliphatic carbocycles. The SMILES string of the molecule is CC.CON(C)C(=O)C1CC1.Fc1ccccc1. The molecule has 2 rings (SSSR count). The fourth-order valence-corrected chi connectivity index (χ4v) is 1.09. The van der Waals surface area contributed by atoms with E-state index in [1.54, 1.807) is 25.2 Å². The Labute approximate surface area is 109 Å². The van der Waals surface area contributed by atoms with Gasteiger partial charge in [0.25, 0.3) is 0 Å². The predicted octanol–water partition coefficient (Wildman–Crippen LogP) is 3.27. The monoisotopic (exact) mass is 255 g/mol. The molecule has 1 amide bonds. The minimum absolute atomic E-state index is 0.109. The van der Waals surface area contributed by atoms with Crippen molar-refractivity contribution in [2.75, 3.05) is 14.2 Å². The van der Waals surface area contributed by atoms with Gasteiger partial charge in [0.2, 0.25) is 5.91 Å². The van der Waals surface area contributed by atoms with E-state index < -0.39 is 0 Å². The molecule has 0 saturated heterocycles. The van der Waals surface area contributed by atoms with E-state index in [1.165, 1.54) is 24.3 Å². The molecule has 0 aliphatic heterocycles. The van der Waals surface area contributed by atoms with Crippen LogP contribution in [0.4, 0.5) is 4.39 Å². The summed E-state index contributed by atoms with van der Waals surface area (Å²) >= 11 is 0. The van der Waals surface area contributed by atoms with E-state index in [9.17, 15) is 9.18 Å². The second kappa shape index (κ2) is 9.59. The maximum absolute atomic E-state index is 11.9. The summed E-state index contributed by atoms with van der Waals surface area (Å²) in [5, 5.41) is 1.29. The number of halogens is 1. The molecule has 1 aromatic rings. The molecule has 0 N–H and O–H groups in total. The summed E-state index contributed by atoms with van der Waals surface area (Å²) in [7, 11) is 3.14. The molecule has 3 nitrogen and oxygen atoms in total. The Hall–Kier alpha value is -1.42. The second-order valence-electron chi connectivity index (χ2n) is 3.59. The van der Waals surface area contributed by atoms with Crippen molar-refractivity contribution in [1.82, 2.24) is 5.06 Å². The fourth-order valence-electron chi connectivity index (χ4n) is 1.09. The van der Waals surface area contributed by atoms with E-state index in [0.29, 0.717) is 0 Å². The lowest BCUT2D eigenvalue weighted by Crippen LogP contribution is -2.26. The second-order valence-corrected chi connectivity index (χ2v) is 3.59. The molecule has 0 spiro atoms. The molecule has 0 atom stereocenters. The van der Waals surface area contributed by atoms with Gasteiger partial charge in [0, 0.05) is 13.0 Å². The van der Waals surface area contributed by atoms with Crippen LogP contribution in [0, 0.1) is 11.7 Å². The quantitative estimate of drug-likeness (QED) is 0.759. The zero-order valence-corrected chi connectivity index (χ0v) is 11.5. The van der Waals surface area contributed by atoms with Gasteiger partial charge >= 0.3 is 0 Å². The summed E-state index contributed by atoms with van der Waals surface area (Å²) in [6.45, 7) is 4.00. The molecule has 0 aromatic heterocycles. The molecule has 4 heteroatoms. The third-order valence-corrected chi connectivity index (χ3v) is 2.24. The van der Waals surface area contributed by atoms with Crippen LogP contribution in [0.1, 0.15) is 26.7 Å². The Balaban J connectivity index is 0.000000289. The lowest BCUT2D eigenvalue weighted by molar-refractivity contribution is -0.170. The van der Waals surface area contributed by atoms with Gasteiger partial charge in [-0.2, -0.15) is 0 Å². The minimum atomic E-state index is -0.178. The molecule has 1 aromatic carbocycles. The van der Waals surface area contributed by atoms with E-state index in [1.807, 2.05) is 13.8 Å². The zero-order valence-electron chi connectivity index (χ0n) is 11.5. The summed E-state index contributed by atoms with van der Waals surface area (Å²) in [5.74, 6) is 0.190. The first kappa shape index (κ1) is 16.6. The Morgan fingerprint density at radius 1 is 1.28 bits per heavy atom. The van der Waals surface area contributed by atoms with Gasteiger partial charge in [0.05, 0.1) is 7.11 Å². The molecular formula is C14H22FNO2. The van der Waals surface area contributed by atoms with Crippen LogP contribution in [-0.4, -0.2) is 25.1 Å². The van der Waals surface area contributed by atoms with Crippen molar-refractivity contribution in [1.29, 1.82) is 0 Å². The number of amides is 1. The van der Waals surface area contributed by atoms with Gasteiger partial charge < -0.3 is 0 Å². The normalized spacial score (nSPS) is 12.5. The number of hydrogen-bond acceptors (Lipinski definition) is 2. The van der Waals surface area contributed by atoms with Crippen LogP contribution in [0.2, 0.25) is 0 Å². The Morgan fingerprint density at radius 2 is 1.78 bits per heavy atom. The number of carbonyl (C=O) groups is 1.